The highest BCUT2D eigenvalue weighted by molar-refractivity contribution is 7.99. The largest absolute Gasteiger partial charge is 0.483 e. The summed E-state index contributed by atoms with van der Waals surface area (Å²) >= 11 is 8.23. The van der Waals surface area contributed by atoms with Gasteiger partial charge < -0.3 is 14.4 Å². The number of carbonyl (C=O) groups is 1. The quantitative estimate of drug-likeness (QED) is 0.671. The molecule has 1 unspecified atom stereocenters. The van der Waals surface area contributed by atoms with E-state index in [0.29, 0.717) is 17.5 Å². The Kier molecular flexibility index (Phi) is 5.98. The molecule has 154 valence electrons. The van der Waals surface area contributed by atoms with Crippen LogP contribution < -0.4 is 9.47 Å². The van der Waals surface area contributed by atoms with E-state index in [1.54, 1.807) is 0 Å². The second-order valence-electron chi connectivity index (χ2n) is 8.12. The standard InChI is InChI=1S/C23H26ClNO3S/c1-23(2)14-16-6-5-9-19(22(16)28-23)27-15-21(26)25-11-10-20(29-13-12-25)17-7-3-4-8-18(17)24/h3-9,20H,10-15H2,1-2H3. The van der Waals surface area contributed by atoms with Crippen molar-refractivity contribution in [3.05, 3.63) is 58.6 Å². The summed E-state index contributed by atoms with van der Waals surface area (Å²) in [5.74, 6) is 2.33. The van der Waals surface area contributed by atoms with E-state index < -0.39 is 0 Å². The summed E-state index contributed by atoms with van der Waals surface area (Å²) in [6, 6.07) is 13.9. The first kappa shape index (κ1) is 20.4. The van der Waals surface area contributed by atoms with Crippen molar-refractivity contribution in [1.82, 2.24) is 4.90 Å². The minimum absolute atomic E-state index is 0.0141. The number of amides is 1. The van der Waals surface area contributed by atoms with Gasteiger partial charge in [-0.1, -0.05) is 41.9 Å². The van der Waals surface area contributed by atoms with Crippen molar-refractivity contribution in [3.8, 4) is 11.5 Å². The SMILES string of the molecule is CC1(C)Cc2cccc(OCC(=O)N3CCSC(c4ccccc4Cl)CC3)c2O1. The van der Waals surface area contributed by atoms with Gasteiger partial charge in [-0.05, 0) is 38.0 Å². The molecule has 1 fully saturated rings. The first-order chi connectivity index (χ1) is 13.9. The summed E-state index contributed by atoms with van der Waals surface area (Å²) in [7, 11) is 0. The Labute approximate surface area is 181 Å². The van der Waals surface area contributed by atoms with Crippen LogP contribution in [0.4, 0.5) is 0 Å². The Bertz CT molecular complexity index is 901. The van der Waals surface area contributed by atoms with E-state index in [0.717, 1.165) is 47.0 Å². The molecule has 4 nitrogen and oxygen atoms in total. The van der Waals surface area contributed by atoms with E-state index in [-0.39, 0.29) is 18.1 Å². The number of carbonyl (C=O) groups excluding carboxylic acids is 1. The van der Waals surface area contributed by atoms with E-state index >= 15 is 0 Å². The second-order valence-corrected chi connectivity index (χ2v) is 9.84. The van der Waals surface area contributed by atoms with Crippen molar-refractivity contribution in [2.24, 2.45) is 0 Å². The van der Waals surface area contributed by atoms with Gasteiger partial charge in [0.05, 0.1) is 0 Å². The Hall–Kier alpha value is -1.85. The van der Waals surface area contributed by atoms with Gasteiger partial charge in [0.15, 0.2) is 18.1 Å². The van der Waals surface area contributed by atoms with E-state index in [1.807, 2.05) is 47.0 Å². The van der Waals surface area contributed by atoms with Crippen LogP contribution in [0.25, 0.3) is 0 Å². The lowest BCUT2D eigenvalue weighted by atomic mass is 10.0. The lowest BCUT2D eigenvalue weighted by molar-refractivity contribution is -0.133. The van der Waals surface area contributed by atoms with Crippen LogP contribution in [0.3, 0.4) is 0 Å². The molecule has 0 aromatic heterocycles. The molecule has 1 atom stereocenters. The summed E-state index contributed by atoms with van der Waals surface area (Å²) in [6.45, 7) is 5.59. The minimum Gasteiger partial charge on any atom is -0.483 e. The molecule has 2 aromatic carbocycles. The highest BCUT2D eigenvalue weighted by Gasteiger charge is 2.32. The molecule has 1 amide bonds. The first-order valence-corrected chi connectivity index (χ1v) is 11.4. The van der Waals surface area contributed by atoms with Crippen LogP contribution in [-0.2, 0) is 11.2 Å². The average Bonchev–Trinajstić information content (AvgIpc) is 2.86. The number of hydrogen-bond acceptors (Lipinski definition) is 4. The molecular weight excluding hydrogens is 406 g/mol. The Morgan fingerprint density at radius 1 is 1.24 bits per heavy atom. The summed E-state index contributed by atoms with van der Waals surface area (Å²) in [4.78, 5) is 14.7. The predicted octanol–water partition coefficient (Wildman–Crippen LogP) is 5.14. The maximum Gasteiger partial charge on any atom is 0.260 e. The highest BCUT2D eigenvalue weighted by atomic mass is 35.5. The average molecular weight is 432 g/mol. The van der Waals surface area contributed by atoms with Crippen LogP contribution in [0.1, 0.15) is 36.6 Å². The highest BCUT2D eigenvalue weighted by Crippen LogP contribution is 2.42. The van der Waals surface area contributed by atoms with Crippen LogP contribution in [-0.4, -0.2) is 41.9 Å². The predicted molar refractivity (Wildman–Crippen MR) is 118 cm³/mol. The van der Waals surface area contributed by atoms with Crippen LogP contribution in [0.2, 0.25) is 5.02 Å². The number of rotatable bonds is 4. The smallest absolute Gasteiger partial charge is 0.260 e. The minimum atomic E-state index is -0.235. The van der Waals surface area contributed by atoms with Crippen molar-refractivity contribution in [3.63, 3.8) is 0 Å². The number of halogens is 1. The van der Waals surface area contributed by atoms with E-state index in [9.17, 15) is 4.79 Å². The van der Waals surface area contributed by atoms with Gasteiger partial charge >= 0.3 is 0 Å². The van der Waals surface area contributed by atoms with Gasteiger partial charge in [-0.2, -0.15) is 11.8 Å². The molecule has 2 heterocycles. The van der Waals surface area contributed by atoms with Gasteiger partial charge in [-0.15, -0.1) is 0 Å². The third kappa shape index (κ3) is 4.67. The van der Waals surface area contributed by atoms with Crippen molar-refractivity contribution in [1.29, 1.82) is 0 Å². The van der Waals surface area contributed by atoms with Crippen LogP contribution in [0, 0.1) is 0 Å². The molecule has 0 saturated carbocycles. The van der Waals surface area contributed by atoms with Crippen molar-refractivity contribution >= 4 is 29.3 Å². The number of nitrogens with zero attached hydrogens (tertiary/aromatic N) is 1. The lowest BCUT2D eigenvalue weighted by Gasteiger charge is -2.21. The summed E-state index contributed by atoms with van der Waals surface area (Å²) in [6.07, 6.45) is 1.73. The Morgan fingerprint density at radius 3 is 2.90 bits per heavy atom. The van der Waals surface area contributed by atoms with Crippen molar-refractivity contribution in [2.45, 2.75) is 37.5 Å². The molecule has 4 rings (SSSR count). The summed E-state index contributed by atoms with van der Waals surface area (Å²) < 4.78 is 11.9. The Balaban J connectivity index is 1.36. The van der Waals surface area contributed by atoms with Crippen LogP contribution in [0.15, 0.2) is 42.5 Å². The third-order valence-electron chi connectivity index (χ3n) is 5.35. The number of fused-ring (bicyclic) bond motifs is 1. The monoisotopic (exact) mass is 431 g/mol. The zero-order chi connectivity index (χ0) is 20.4. The molecule has 0 N–H and O–H groups in total. The molecular formula is C23H26ClNO3S. The van der Waals surface area contributed by atoms with Gasteiger partial charge in [-0.3, -0.25) is 4.79 Å². The maximum atomic E-state index is 12.8. The van der Waals surface area contributed by atoms with Crippen LogP contribution in [0.5, 0.6) is 11.5 Å². The molecule has 29 heavy (non-hydrogen) atoms. The molecule has 0 bridgehead atoms. The van der Waals surface area contributed by atoms with Crippen LogP contribution >= 0.6 is 23.4 Å². The topological polar surface area (TPSA) is 38.8 Å². The van der Waals surface area contributed by atoms with Gasteiger partial charge in [-0.25, -0.2) is 0 Å². The van der Waals surface area contributed by atoms with Gasteiger partial charge in [0.25, 0.3) is 5.91 Å². The molecule has 6 heteroatoms. The zero-order valence-corrected chi connectivity index (χ0v) is 18.4. The van der Waals surface area contributed by atoms with Gasteiger partial charge in [0.1, 0.15) is 5.60 Å². The summed E-state index contributed by atoms with van der Waals surface area (Å²) in [5.41, 5.74) is 2.06. The molecule has 2 aliphatic rings. The number of para-hydroxylation sites is 1. The zero-order valence-electron chi connectivity index (χ0n) is 16.8. The normalized spacial score (nSPS) is 20.5. The van der Waals surface area contributed by atoms with E-state index in [2.05, 4.69) is 26.0 Å². The number of ether oxygens (including phenoxy) is 2. The number of thioether (sulfide) groups is 1. The fourth-order valence-corrected chi connectivity index (χ4v) is 5.54. The van der Waals surface area contributed by atoms with Crippen molar-refractivity contribution in [2.75, 3.05) is 25.4 Å². The van der Waals surface area contributed by atoms with E-state index in [1.165, 1.54) is 0 Å². The lowest BCUT2D eigenvalue weighted by Crippen LogP contribution is -2.36. The summed E-state index contributed by atoms with van der Waals surface area (Å²) in [5, 5.41) is 1.12. The van der Waals surface area contributed by atoms with Crippen molar-refractivity contribution < 1.29 is 14.3 Å². The van der Waals surface area contributed by atoms with Gasteiger partial charge in [0, 0.05) is 41.1 Å². The fraction of sp³-hybridized carbons (Fsp3) is 0.435. The first-order valence-electron chi connectivity index (χ1n) is 10.0. The molecule has 0 aliphatic carbocycles. The third-order valence-corrected chi connectivity index (χ3v) is 7.01. The molecule has 2 aromatic rings. The number of hydrogen-bond donors (Lipinski definition) is 0. The second kappa shape index (κ2) is 8.49. The molecule has 1 saturated heterocycles. The van der Waals surface area contributed by atoms with E-state index in [4.69, 9.17) is 21.1 Å². The van der Waals surface area contributed by atoms with Gasteiger partial charge in [0.2, 0.25) is 0 Å². The Morgan fingerprint density at radius 2 is 2.07 bits per heavy atom. The molecule has 2 aliphatic heterocycles. The maximum absolute atomic E-state index is 12.8. The molecule has 0 radical (unpaired) electrons. The number of benzene rings is 2. The fourth-order valence-electron chi connectivity index (χ4n) is 3.94. The molecule has 0 spiro atoms.